The van der Waals surface area contributed by atoms with Gasteiger partial charge in [0.2, 0.25) is 0 Å². The summed E-state index contributed by atoms with van der Waals surface area (Å²) >= 11 is 0. The highest BCUT2D eigenvalue weighted by Crippen LogP contribution is 2.42. The number of unbranched alkanes of at least 4 members (excludes halogenated alkanes) is 2. The largest absolute Gasteiger partial charge is 0.298 e. The van der Waals surface area contributed by atoms with E-state index in [1.165, 1.54) is 44.9 Å². The molecule has 3 nitrogen and oxygen atoms in total. The fraction of sp³-hybridized carbons (Fsp3) is 0.941. The predicted molar refractivity (Wildman–Crippen MR) is 83.5 cm³/mol. The van der Waals surface area contributed by atoms with Gasteiger partial charge in [0.05, 0.1) is 6.07 Å². The second kappa shape index (κ2) is 6.91. The van der Waals surface area contributed by atoms with Crippen molar-refractivity contribution >= 4 is 0 Å². The minimum Gasteiger partial charge on any atom is -0.298 e. The molecule has 3 heteroatoms. The van der Waals surface area contributed by atoms with E-state index in [2.05, 4.69) is 37.1 Å². The van der Waals surface area contributed by atoms with E-state index in [-0.39, 0.29) is 5.54 Å². The van der Waals surface area contributed by atoms with Gasteiger partial charge in [0.25, 0.3) is 0 Å². The number of hydrogen-bond acceptors (Lipinski definition) is 3. The molecule has 2 fully saturated rings. The highest BCUT2D eigenvalue weighted by molar-refractivity contribution is 5.18. The molecule has 0 aromatic carbocycles. The number of rotatable bonds is 10. The lowest BCUT2D eigenvalue weighted by Gasteiger charge is -2.37. The predicted octanol–water partition coefficient (Wildman–Crippen LogP) is 3.31. The maximum Gasteiger partial charge on any atom is 0.122 e. The van der Waals surface area contributed by atoms with Gasteiger partial charge >= 0.3 is 0 Å². The summed E-state index contributed by atoms with van der Waals surface area (Å²) in [7, 11) is 0. The Morgan fingerprint density at radius 2 is 1.95 bits per heavy atom. The summed E-state index contributed by atoms with van der Waals surface area (Å²) in [5.74, 6) is 0.584. The van der Waals surface area contributed by atoms with Crippen LogP contribution in [-0.2, 0) is 0 Å². The van der Waals surface area contributed by atoms with Gasteiger partial charge in [0.1, 0.15) is 5.54 Å². The highest BCUT2D eigenvalue weighted by Gasteiger charge is 2.49. The average molecular weight is 277 g/mol. The van der Waals surface area contributed by atoms with Crippen LogP contribution in [0.1, 0.15) is 65.7 Å². The van der Waals surface area contributed by atoms with E-state index in [1.807, 2.05) is 0 Å². The van der Waals surface area contributed by atoms with Gasteiger partial charge in [-0.25, -0.2) is 0 Å². The van der Waals surface area contributed by atoms with E-state index in [9.17, 15) is 5.26 Å². The van der Waals surface area contributed by atoms with E-state index >= 15 is 0 Å². The molecule has 0 radical (unpaired) electrons. The lowest BCUT2D eigenvalue weighted by Crippen LogP contribution is -2.56. The number of nitrogens with zero attached hydrogens (tertiary/aromatic N) is 2. The molecule has 2 aliphatic carbocycles. The topological polar surface area (TPSA) is 39.1 Å². The summed E-state index contributed by atoms with van der Waals surface area (Å²) in [6.07, 6.45) is 8.79. The van der Waals surface area contributed by atoms with Crippen molar-refractivity contribution in [3.8, 4) is 6.07 Å². The quantitative estimate of drug-likeness (QED) is 0.623. The second-order valence-electron chi connectivity index (χ2n) is 7.05. The maximum absolute atomic E-state index is 9.83. The normalized spacial score (nSPS) is 22.0. The molecule has 114 valence electrons. The van der Waals surface area contributed by atoms with Crippen LogP contribution < -0.4 is 5.32 Å². The molecule has 2 rings (SSSR count). The lowest BCUT2D eigenvalue weighted by atomic mass is 9.93. The Labute approximate surface area is 124 Å². The molecular formula is C17H31N3. The Balaban J connectivity index is 1.97. The summed E-state index contributed by atoms with van der Waals surface area (Å²) in [6, 6.07) is 3.81. The first-order chi connectivity index (χ1) is 9.61. The Bertz CT molecular complexity index is 339. The third kappa shape index (κ3) is 4.20. The molecule has 0 heterocycles. The molecule has 0 aromatic heterocycles. The first-order valence-corrected chi connectivity index (χ1v) is 8.54. The number of hydrogen-bond donors (Lipinski definition) is 1. The van der Waals surface area contributed by atoms with Gasteiger partial charge in [-0.05, 0) is 58.4 Å². The molecule has 0 bridgehead atoms. The van der Waals surface area contributed by atoms with E-state index in [4.69, 9.17) is 0 Å². The molecule has 20 heavy (non-hydrogen) atoms. The molecule has 1 atom stereocenters. The van der Waals surface area contributed by atoms with Crippen LogP contribution in [0, 0.1) is 17.2 Å². The van der Waals surface area contributed by atoms with Gasteiger partial charge < -0.3 is 0 Å². The van der Waals surface area contributed by atoms with Crippen molar-refractivity contribution in [1.29, 1.82) is 5.26 Å². The van der Waals surface area contributed by atoms with Crippen molar-refractivity contribution < 1.29 is 0 Å². The molecular weight excluding hydrogens is 246 g/mol. The summed E-state index contributed by atoms with van der Waals surface area (Å²) in [5, 5.41) is 13.5. The third-order valence-electron chi connectivity index (χ3n) is 4.74. The SMILES string of the molecule is CCCCCN(CC(C#N)(NC1CC1)C1CC1)C(C)C. The van der Waals surface area contributed by atoms with Gasteiger partial charge in [0, 0.05) is 18.6 Å². The fourth-order valence-electron chi connectivity index (χ4n) is 3.02. The Morgan fingerprint density at radius 1 is 1.25 bits per heavy atom. The van der Waals surface area contributed by atoms with Crippen LogP contribution in [0.2, 0.25) is 0 Å². The molecule has 0 saturated heterocycles. The van der Waals surface area contributed by atoms with Gasteiger partial charge in [-0.2, -0.15) is 5.26 Å². The molecule has 1 N–H and O–H groups in total. The van der Waals surface area contributed by atoms with Crippen molar-refractivity contribution in [2.45, 2.75) is 83.3 Å². The minimum absolute atomic E-state index is 0.280. The van der Waals surface area contributed by atoms with Crippen LogP contribution in [0.25, 0.3) is 0 Å². The molecule has 2 aliphatic rings. The van der Waals surface area contributed by atoms with Crippen LogP contribution in [0.15, 0.2) is 0 Å². The zero-order valence-corrected chi connectivity index (χ0v) is 13.5. The monoisotopic (exact) mass is 277 g/mol. The standard InChI is InChI=1S/C17H31N3/c1-4-5-6-11-20(14(2)3)13-17(12-18,15-7-8-15)19-16-9-10-16/h14-16,19H,4-11,13H2,1-3H3. The number of nitriles is 1. The Kier molecular flexibility index (Phi) is 5.46. The van der Waals surface area contributed by atoms with Crippen LogP contribution in [-0.4, -0.2) is 35.6 Å². The third-order valence-corrected chi connectivity index (χ3v) is 4.74. The van der Waals surface area contributed by atoms with Gasteiger partial charge in [-0.15, -0.1) is 0 Å². The van der Waals surface area contributed by atoms with Crippen molar-refractivity contribution in [2.75, 3.05) is 13.1 Å². The van der Waals surface area contributed by atoms with E-state index < -0.39 is 0 Å². The van der Waals surface area contributed by atoms with Gasteiger partial charge in [0.15, 0.2) is 0 Å². The van der Waals surface area contributed by atoms with Crippen molar-refractivity contribution in [3.63, 3.8) is 0 Å². The van der Waals surface area contributed by atoms with Gasteiger partial charge in [-0.3, -0.25) is 10.2 Å². The fourth-order valence-corrected chi connectivity index (χ4v) is 3.02. The van der Waals surface area contributed by atoms with E-state index in [1.54, 1.807) is 0 Å². The van der Waals surface area contributed by atoms with E-state index in [0.717, 1.165) is 13.1 Å². The highest BCUT2D eigenvalue weighted by atomic mass is 15.2. The summed E-state index contributed by atoms with van der Waals surface area (Å²) in [5.41, 5.74) is -0.280. The molecule has 0 aliphatic heterocycles. The molecule has 1 unspecified atom stereocenters. The van der Waals surface area contributed by atoms with E-state index in [0.29, 0.717) is 18.0 Å². The summed E-state index contributed by atoms with van der Waals surface area (Å²) in [4.78, 5) is 2.52. The van der Waals surface area contributed by atoms with Crippen molar-refractivity contribution in [2.24, 2.45) is 5.92 Å². The zero-order valence-electron chi connectivity index (χ0n) is 13.5. The van der Waals surface area contributed by atoms with Crippen molar-refractivity contribution in [3.05, 3.63) is 0 Å². The molecule has 0 spiro atoms. The molecule has 0 aromatic rings. The number of nitrogens with one attached hydrogen (secondary N) is 1. The van der Waals surface area contributed by atoms with Crippen LogP contribution in [0.3, 0.4) is 0 Å². The Hall–Kier alpha value is -0.590. The smallest absolute Gasteiger partial charge is 0.122 e. The molecule has 2 saturated carbocycles. The van der Waals surface area contributed by atoms with Crippen LogP contribution >= 0.6 is 0 Å². The molecule has 0 amide bonds. The first-order valence-electron chi connectivity index (χ1n) is 8.54. The van der Waals surface area contributed by atoms with Crippen LogP contribution in [0.4, 0.5) is 0 Å². The second-order valence-corrected chi connectivity index (χ2v) is 7.05. The summed E-state index contributed by atoms with van der Waals surface area (Å²) in [6.45, 7) is 8.81. The van der Waals surface area contributed by atoms with Crippen molar-refractivity contribution in [1.82, 2.24) is 10.2 Å². The maximum atomic E-state index is 9.83. The first kappa shape index (κ1) is 15.8. The lowest BCUT2D eigenvalue weighted by molar-refractivity contribution is 0.157. The minimum atomic E-state index is -0.280. The van der Waals surface area contributed by atoms with Crippen LogP contribution in [0.5, 0.6) is 0 Å². The van der Waals surface area contributed by atoms with Gasteiger partial charge in [-0.1, -0.05) is 19.8 Å². The summed E-state index contributed by atoms with van der Waals surface area (Å²) < 4.78 is 0. The Morgan fingerprint density at radius 3 is 2.40 bits per heavy atom. The zero-order chi connectivity index (χ0) is 14.6. The average Bonchev–Trinajstić information content (AvgIpc) is 3.27.